The average molecular weight is 214 g/mol. The van der Waals surface area contributed by atoms with Gasteiger partial charge < -0.3 is 5.11 Å². The van der Waals surface area contributed by atoms with Crippen LogP contribution in [0.1, 0.15) is 19.4 Å². The summed E-state index contributed by atoms with van der Waals surface area (Å²) in [5.41, 5.74) is 1.60. The van der Waals surface area contributed by atoms with Crippen molar-refractivity contribution >= 4 is 17.1 Å². The first-order valence-electron chi connectivity index (χ1n) is 5.28. The summed E-state index contributed by atoms with van der Waals surface area (Å²) in [6.45, 7) is 4.05. The standard InChI is InChI=1S/C13H14N2O/c1-9(2)15-8-10-5-6-12(16)13-11(10)4-3-7-14-13/h3-9,16H,1-2H3. The molecule has 1 aromatic carbocycles. The first kappa shape index (κ1) is 10.6. The molecule has 16 heavy (non-hydrogen) atoms. The Kier molecular flexibility index (Phi) is 2.86. The summed E-state index contributed by atoms with van der Waals surface area (Å²) in [7, 11) is 0. The van der Waals surface area contributed by atoms with Crippen molar-refractivity contribution in [2.24, 2.45) is 4.99 Å². The number of hydrogen-bond acceptors (Lipinski definition) is 3. The number of phenolic OH excluding ortho intramolecular Hbond substituents is 1. The molecule has 2 rings (SSSR count). The second-order valence-electron chi connectivity index (χ2n) is 3.95. The lowest BCUT2D eigenvalue weighted by Crippen LogP contribution is -1.92. The molecule has 82 valence electrons. The third-order valence-electron chi connectivity index (χ3n) is 2.29. The van der Waals surface area contributed by atoms with E-state index in [-0.39, 0.29) is 11.8 Å². The highest BCUT2D eigenvalue weighted by Crippen LogP contribution is 2.24. The van der Waals surface area contributed by atoms with Gasteiger partial charge >= 0.3 is 0 Å². The van der Waals surface area contributed by atoms with E-state index in [1.54, 1.807) is 12.3 Å². The minimum Gasteiger partial charge on any atom is -0.506 e. The minimum atomic E-state index is 0.206. The first-order chi connectivity index (χ1) is 7.68. The fraction of sp³-hybridized carbons (Fsp3) is 0.231. The summed E-state index contributed by atoms with van der Waals surface area (Å²) in [5.74, 6) is 0.206. The highest BCUT2D eigenvalue weighted by Gasteiger charge is 2.03. The fourth-order valence-electron chi connectivity index (χ4n) is 1.52. The number of benzene rings is 1. The van der Waals surface area contributed by atoms with Gasteiger partial charge in [0.2, 0.25) is 0 Å². The maximum absolute atomic E-state index is 9.67. The van der Waals surface area contributed by atoms with Crippen LogP contribution >= 0.6 is 0 Å². The third kappa shape index (κ3) is 2.03. The average Bonchev–Trinajstić information content (AvgIpc) is 2.28. The summed E-state index contributed by atoms with van der Waals surface area (Å²) in [4.78, 5) is 8.50. The molecule has 0 saturated carbocycles. The molecule has 0 unspecified atom stereocenters. The van der Waals surface area contributed by atoms with Gasteiger partial charge in [0.1, 0.15) is 11.3 Å². The molecule has 0 spiro atoms. The molecule has 0 saturated heterocycles. The molecule has 0 fully saturated rings. The molecule has 0 aliphatic heterocycles. The van der Waals surface area contributed by atoms with E-state index >= 15 is 0 Å². The zero-order valence-electron chi connectivity index (χ0n) is 9.38. The van der Waals surface area contributed by atoms with Crippen LogP contribution in [0.3, 0.4) is 0 Å². The quantitative estimate of drug-likeness (QED) is 0.781. The van der Waals surface area contributed by atoms with Crippen molar-refractivity contribution in [1.82, 2.24) is 4.98 Å². The molecule has 1 N–H and O–H groups in total. The van der Waals surface area contributed by atoms with Crippen LogP contribution in [0.25, 0.3) is 10.9 Å². The van der Waals surface area contributed by atoms with Gasteiger partial charge in [-0.25, -0.2) is 0 Å². The molecular formula is C13H14N2O. The van der Waals surface area contributed by atoms with Gasteiger partial charge in [0.05, 0.1) is 0 Å². The number of aromatic hydroxyl groups is 1. The van der Waals surface area contributed by atoms with Crippen LogP contribution < -0.4 is 0 Å². The van der Waals surface area contributed by atoms with Crippen LogP contribution in [-0.2, 0) is 0 Å². The minimum absolute atomic E-state index is 0.206. The van der Waals surface area contributed by atoms with Crippen molar-refractivity contribution in [1.29, 1.82) is 0 Å². The lowest BCUT2D eigenvalue weighted by Gasteiger charge is -2.03. The van der Waals surface area contributed by atoms with E-state index in [1.807, 2.05) is 38.3 Å². The topological polar surface area (TPSA) is 45.5 Å². The van der Waals surface area contributed by atoms with E-state index in [1.165, 1.54) is 0 Å². The molecule has 0 aliphatic rings. The molecule has 0 atom stereocenters. The van der Waals surface area contributed by atoms with Crippen LogP contribution in [0.15, 0.2) is 35.5 Å². The second-order valence-corrected chi connectivity index (χ2v) is 3.95. The van der Waals surface area contributed by atoms with Crippen LogP contribution in [0, 0.1) is 0 Å². The predicted octanol–water partition coefficient (Wildman–Crippen LogP) is 2.77. The molecule has 1 aromatic heterocycles. The molecule has 2 aromatic rings. The van der Waals surface area contributed by atoms with Gasteiger partial charge in [-0.2, -0.15) is 0 Å². The Morgan fingerprint density at radius 3 is 2.88 bits per heavy atom. The predicted molar refractivity (Wildman–Crippen MR) is 66.1 cm³/mol. The van der Waals surface area contributed by atoms with Gasteiger partial charge in [0, 0.05) is 29.4 Å². The Balaban J connectivity index is 2.59. The van der Waals surface area contributed by atoms with Crippen LogP contribution in [0.4, 0.5) is 0 Å². The smallest absolute Gasteiger partial charge is 0.141 e. The van der Waals surface area contributed by atoms with E-state index in [9.17, 15) is 5.11 Å². The fourth-order valence-corrected chi connectivity index (χ4v) is 1.52. The van der Waals surface area contributed by atoms with Gasteiger partial charge in [-0.1, -0.05) is 6.07 Å². The lowest BCUT2D eigenvalue weighted by molar-refractivity contribution is 0.480. The number of fused-ring (bicyclic) bond motifs is 1. The number of hydrogen-bond donors (Lipinski definition) is 1. The number of pyridine rings is 1. The molecule has 0 aliphatic carbocycles. The highest BCUT2D eigenvalue weighted by molar-refractivity contribution is 6.00. The van der Waals surface area contributed by atoms with Crippen LogP contribution in [0.2, 0.25) is 0 Å². The Morgan fingerprint density at radius 2 is 2.12 bits per heavy atom. The van der Waals surface area contributed by atoms with E-state index in [2.05, 4.69) is 9.98 Å². The first-order valence-corrected chi connectivity index (χ1v) is 5.28. The van der Waals surface area contributed by atoms with Crippen molar-refractivity contribution in [3.8, 4) is 5.75 Å². The third-order valence-corrected chi connectivity index (χ3v) is 2.29. The summed E-state index contributed by atoms with van der Waals surface area (Å²) < 4.78 is 0. The molecule has 0 bridgehead atoms. The normalized spacial score (nSPS) is 11.7. The van der Waals surface area contributed by atoms with Crippen LogP contribution in [0.5, 0.6) is 5.75 Å². The number of nitrogens with zero attached hydrogens (tertiary/aromatic N) is 2. The maximum Gasteiger partial charge on any atom is 0.141 e. The number of rotatable bonds is 2. The molecule has 1 heterocycles. The second kappa shape index (κ2) is 4.31. The Bertz CT molecular complexity index is 532. The van der Waals surface area contributed by atoms with E-state index in [0.717, 1.165) is 10.9 Å². The van der Waals surface area contributed by atoms with Gasteiger partial charge in [-0.3, -0.25) is 9.98 Å². The van der Waals surface area contributed by atoms with Crippen molar-refractivity contribution in [3.63, 3.8) is 0 Å². The Labute approximate surface area is 94.5 Å². The largest absolute Gasteiger partial charge is 0.506 e. The van der Waals surface area contributed by atoms with E-state index in [4.69, 9.17) is 0 Å². The van der Waals surface area contributed by atoms with E-state index < -0.39 is 0 Å². The van der Waals surface area contributed by atoms with Crippen molar-refractivity contribution in [2.75, 3.05) is 0 Å². The molecule has 3 heteroatoms. The highest BCUT2D eigenvalue weighted by atomic mass is 16.3. The Morgan fingerprint density at radius 1 is 1.31 bits per heavy atom. The van der Waals surface area contributed by atoms with Crippen molar-refractivity contribution < 1.29 is 5.11 Å². The summed E-state index contributed by atoms with van der Waals surface area (Å²) in [6, 6.07) is 7.56. The van der Waals surface area contributed by atoms with Gasteiger partial charge in [-0.15, -0.1) is 0 Å². The monoisotopic (exact) mass is 214 g/mol. The molecule has 0 radical (unpaired) electrons. The van der Waals surface area contributed by atoms with Crippen molar-refractivity contribution in [2.45, 2.75) is 19.9 Å². The Hall–Kier alpha value is -1.90. The summed E-state index contributed by atoms with van der Waals surface area (Å²) in [6.07, 6.45) is 3.50. The lowest BCUT2D eigenvalue weighted by atomic mass is 10.1. The van der Waals surface area contributed by atoms with E-state index in [0.29, 0.717) is 5.52 Å². The zero-order valence-corrected chi connectivity index (χ0v) is 9.38. The van der Waals surface area contributed by atoms with Gasteiger partial charge in [-0.05, 0) is 32.0 Å². The van der Waals surface area contributed by atoms with Crippen LogP contribution in [-0.4, -0.2) is 22.3 Å². The zero-order chi connectivity index (χ0) is 11.5. The summed E-state index contributed by atoms with van der Waals surface area (Å²) >= 11 is 0. The molecule has 3 nitrogen and oxygen atoms in total. The summed E-state index contributed by atoms with van der Waals surface area (Å²) in [5, 5.41) is 10.6. The van der Waals surface area contributed by atoms with Crippen molar-refractivity contribution in [3.05, 3.63) is 36.0 Å². The number of aliphatic imine (C=N–C) groups is 1. The number of phenols is 1. The van der Waals surface area contributed by atoms with Gasteiger partial charge in [0.15, 0.2) is 0 Å². The maximum atomic E-state index is 9.67. The SMILES string of the molecule is CC(C)N=Cc1ccc(O)c2ncccc12. The molecular weight excluding hydrogens is 200 g/mol. The van der Waals surface area contributed by atoms with Gasteiger partial charge in [0.25, 0.3) is 0 Å². The number of aromatic nitrogens is 1. The molecule has 0 amide bonds.